The van der Waals surface area contributed by atoms with E-state index in [1.165, 1.54) is 17.0 Å². The Labute approximate surface area is 154 Å². The fourth-order valence-electron chi connectivity index (χ4n) is 1.82. The molecule has 2 amide bonds. The average Bonchev–Trinajstić information content (AvgIpc) is 2.44. The summed E-state index contributed by atoms with van der Waals surface area (Å²) in [5, 5.41) is 2.47. The summed E-state index contributed by atoms with van der Waals surface area (Å²) < 4.78 is 19.6. The smallest absolute Gasteiger partial charge is 0.321 e. The zero-order valence-electron chi connectivity index (χ0n) is 13.9. The quantitative estimate of drug-likeness (QED) is 0.545. The predicted molar refractivity (Wildman–Crippen MR) is 95.9 cm³/mol. The van der Waals surface area contributed by atoms with Crippen LogP contribution in [-0.4, -0.2) is 41.5 Å². The number of ether oxygens (including phenoxy) is 1. The Hall–Kier alpha value is -1.34. The van der Waals surface area contributed by atoms with Crippen LogP contribution < -0.4 is 5.32 Å². The standard InChI is InChI=1S/C16H21BrClFN2O3/c1-16(2,3)24-14(22)6-8-21(9-7-18)15(23)20-13-5-4-11(17)10-12(13)19/h4-5,10H,6-9H2,1-3H3,(H,20,23). The lowest BCUT2D eigenvalue weighted by Crippen LogP contribution is -2.38. The number of amides is 2. The Kier molecular flexibility index (Phi) is 7.96. The summed E-state index contributed by atoms with van der Waals surface area (Å²) in [6.45, 7) is 5.67. The first-order valence-corrected chi connectivity index (χ1v) is 8.74. The van der Waals surface area contributed by atoms with Gasteiger partial charge in [-0.05, 0) is 39.0 Å². The molecule has 0 atom stereocenters. The minimum absolute atomic E-state index is 0.0321. The van der Waals surface area contributed by atoms with Crippen molar-refractivity contribution in [1.82, 2.24) is 4.90 Å². The molecule has 0 fully saturated rings. The minimum atomic E-state index is -0.586. The van der Waals surface area contributed by atoms with Crippen molar-refractivity contribution < 1.29 is 18.7 Å². The van der Waals surface area contributed by atoms with Crippen LogP contribution in [0.2, 0.25) is 0 Å². The maximum absolute atomic E-state index is 13.8. The van der Waals surface area contributed by atoms with Gasteiger partial charge in [0.1, 0.15) is 11.4 Å². The molecule has 0 aliphatic carbocycles. The lowest BCUT2D eigenvalue weighted by atomic mass is 10.2. The van der Waals surface area contributed by atoms with Crippen molar-refractivity contribution in [3.63, 3.8) is 0 Å². The number of halogens is 3. The molecule has 134 valence electrons. The molecule has 1 aromatic rings. The number of alkyl halides is 1. The maximum atomic E-state index is 13.8. The minimum Gasteiger partial charge on any atom is -0.460 e. The molecule has 24 heavy (non-hydrogen) atoms. The lowest BCUT2D eigenvalue weighted by Gasteiger charge is -2.24. The van der Waals surface area contributed by atoms with Crippen LogP contribution in [-0.2, 0) is 9.53 Å². The SMILES string of the molecule is CC(C)(C)OC(=O)CCN(CCCl)C(=O)Nc1ccc(Br)cc1F. The van der Waals surface area contributed by atoms with Crippen LogP contribution in [0.25, 0.3) is 0 Å². The number of hydrogen-bond donors (Lipinski definition) is 1. The van der Waals surface area contributed by atoms with Crippen molar-refractivity contribution in [3.05, 3.63) is 28.5 Å². The molecule has 0 radical (unpaired) electrons. The van der Waals surface area contributed by atoms with E-state index < -0.39 is 23.4 Å². The number of urea groups is 1. The highest BCUT2D eigenvalue weighted by Crippen LogP contribution is 2.19. The van der Waals surface area contributed by atoms with Crippen LogP contribution in [0.5, 0.6) is 0 Å². The summed E-state index contributed by atoms with van der Waals surface area (Å²) in [6, 6.07) is 3.79. The van der Waals surface area contributed by atoms with Crippen LogP contribution in [0.3, 0.4) is 0 Å². The largest absolute Gasteiger partial charge is 0.460 e. The number of anilines is 1. The Bertz CT molecular complexity index is 593. The summed E-state index contributed by atoms with van der Waals surface area (Å²) in [5.41, 5.74) is -0.531. The van der Waals surface area contributed by atoms with E-state index in [4.69, 9.17) is 16.3 Å². The summed E-state index contributed by atoms with van der Waals surface area (Å²) in [4.78, 5) is 25.4. The molecule has 0 heterocycles. The Balaban J connectivity index is 2.66. The highest BCUT2D eigenvalue weighted by molar-refractivity contribution is 9.10. The third-order valence-electron chi connectivity index (χ3n) is 2.82. The molecule has 0 bridgehead atoms. The van der Waals surface area contributed by atoms with Gasteiger partial charge in [0, 0.05) is 23.4 Å². The molecule has 0 aromatic heterocycles. The van der Waals surface area contributed by atoms with E-state index in [-0.39, 0.29) is 31.1 Å². The number of esters is 1. The van der Waals surface area contributed by atoms with Crippen molar-refractivity contribution in [2.45, 2.75) is 32.8 Å². The molecule has 1 N–H and O–H groups in total. The average molecular weight is 424 g/mol. The van der Waals surface area contributed by atoms with E-state index >= 15 is 0 Å². The van der Waals surface area contributed by atoms with E-state index in [0.29, 0.717) is 4.47 Å². The lowest BCUT2D eigenvalue weighted by molar-refractivity contribution is -0.154. The predicted octanol–water partition coefficient (Wildman–Crippen LogP) is 4.39. The van der Waals surface area contributed by atoms with Gasteiger partial charge in [-0.3, -0.25) is 4.79 Å². The second-order valence-electron chi connectivity index (χ2n) is 6.07. The first-order valence-electron chi connectivity index (χ1n) is 7.41. The number of carbonyl (C=O) groups is 2. The molecule has 1 aromatic carbocycles. The van der Waals surface area contributed by atoms with E-state index in [1.54, 1.807) is 26.8 Å². The normalized spacial score (nSPS) is 11.1. The zero-order valence-corrected chi connectivity index (χ0v) is 16.2. The third kappa shape index (κ3) is 7.49. The van der Waals surface area contributed by atoms with Gasteiger partial charge in [0.15, 0.2) is 0 Å². The molecule has 8 heteroatoms. The van der Waals surface area contributed by atoms with Crippen molar-refractivity contribution >= 4 is 45.2 Å². The van der Waals surface area contributed by atoms with Gasteiger partial charge in [-0.2, -0.15) is 0 Å². The summed E-state index contributed by atoms with van der Waals surface area (Å²) in [5.74, 6) is -0.773. The number of carbonyl (C=O) groups excluding carboxylic acids is 2. The number of nitrogens with one attached hydrogen (secondary N) is 1. The Morgan fingerprint density at radius 1 is 1.33 bits per heavy atom. The van der Waals surface area contributed by atoms with Crippen molar-refractivity contribution in [2.75, 3.05) is 24.3 Å². The van der Waals surface area contributed by atoms with Gasteiger partial charge in [-0.25, -0.2) is 9.18 Å². The molecule has 0 aliphatic heterocycles. The van der Waals surface area contributed by atoms with Crippen LogP contribution in [0.4, 0.5) is 14.9 Å². The number of benzene rings is 1. The summed E-state index contributed by atoms with van der Waals surface area (Å²) >= 11 is 8.85. The Morgan fingerprint density at radius 3 is 2.54 bits per heavy atom. The summed E-state index contributed by atoms with van der Waals surface area (Å²) in [6.07, 6.45) is 0.0321. The number of nitrogens with zero attached hydrogens (tertiary/aromatic N) is 1. The van der Waals surface area contributed by atoms with Crippen molar-refractivity contribution in [3.8, 4) is 0 Å². The number of hydrogen-bond acceptors (Lipinski definition) is 3. The highest BCUT2D eigenvalue weighted by atomic mass is 79.9. The molecule has 1 rings (SSSR count). The first-order chi connectivity index (χ1) is 11.1. The van der Waals surface area contributed by atoms with Gasteiger partial charge in [-0.1, -0.05) is 15.9 Å². The molecule has 0 saturated carbocycles. The van der Waals surface area contributed by atoms with Crippen molar-refractivity contribution in [1.29, 1.82) is 0 Å². The molecular formula is C16H21BrClFN2O3. The fraction of sp³-hybridized carbons (Fsp3) is 0.500. The zero-order chi connectivity index (χ0) is 18.3. The van der Waals surface area contributed by atoms with Gasteiger partial charge in [0.05, 0.1) is 12.1 Å². The third-order valence-corrected chi connectivity index (χ3v) is 3.48. The van der Waals surface area contributed by atoms with Crippen LogP contribution in [0.15, 0.2) is 22.7 Å². The summed E-state index contributed by atoms with van der Waals surface area (Å²) in [7, 11) is 0. The van der Waals surface area contributed by atoms with Gasteiger partial charge >= 0.3 is 12.0 Å². The van der Waals surface area contributed by atoms with Crippen LogP contribution >= 0.6 is 27.5 Å². The molecule has 0 spiro atoms. The molecule has 0 aliphatic rings. The van der Waals surface area contributed by atoms with Crippen molar-refractivity contribution in [2.24, 2.45) is 0 Å². The van der Waals surface area contributed by atoms with Gasteiger partial charge < -0.3 is 15.0 Å². The molecular weight excluding hydrogens is 403 g/mol. The second-order valence-corrected chi connectivity index (χ2v) is 7.36. The van der Waals surface area contributed by atoms with Crippen LogP contribution in [0, 0.1) is 5.82 Å². The molecule has 0 saturated heterocycles. The maximum Gasteiger partial charge on any atom is 0.321 e. The van der Waals surface area contributed by atoms with E-state index in [9.17, 15) is 14.0 Å². The van der Waals surface area contributed by atoms with Gasteiger partial charge in [-0.15, -0.1) is 11.6 Å². The first kappa shape index (κ1) is 20.7. The van der Waals surface area contributed by atoms with E-state index in [1.807, 2.05) is 0 Å². The fourth-order valence-corrected chi connectivity index (χ4v) is 2.36. The van der Waals surface area contributed by atoms with Crippen LogP contribution in [0.1, 0.15) is 27.2 Å². The van der Waals surface area contributed by atoms with Gasteiger partial charge in [0.25, 0.3) is 0 Å². The highest BCUT2D eigenvalue weighted by Gasteiger charge is 2.20. The molecule has 0 unspecified atom stereocenters. The van der Waals surface area contributed by atoms with Gasteiger partial charge in [0.2, 0.25) is 0 Å². The number of rotatable bonds is 6. The second kappa shape index (κ2) is 9.22. The monoisotopic (exact) mass is 422 g/mol. The Morgan fingerprint density at radius 2 is 2.00 bits per heavy atom. The van der Waals surface area contributed by atoms with E-state index in [0.717, 1.165) is 0 Å². The topological polar surface area (TPSA) is 58.6 Å². The van der Waals surface area contributed by atoms with E-state index in [2.05, 4.69) is 21.2 Å². The molecule has 5 nitrogen and oxygen atoms in total.